The van der Waals surface area contributed by atoms with Crippen LogP contribution in [-0.2, 0) is 4.79 Å². The largest absolute Gasteiger partial charge is 0.342 e. The van der Waals surface area contributed by atoms with E-state index in [1.165, 1.54) is 0 Å². The summed E-state index contributed by atoms with van der Waals surface area (Å²) in [6.45, 7) is 6.28. The van der Waals surface area contributed by atoms with Gasteiger partial charge in [-0.15, -0.1) is 0 Å². The zero-order valence-corrected chi connectivity index (χ0v) is 9.83. The van der Waals surface area contributed by atoms with E-state index in [1.54, 1.807) is 0 Å². The molecule has 1 aliphatic carbocycles. The van der Waals surface area contributed by atoms with Gasteiger partial charge in [-0.25, -0.2) is 0 Å². The Hall–Kier alpha value is -0.570. The maximum absolute atomic E-state index is 11.8. The van der Waals surface area contributed by atoms with E-state index in [0.29, 0.717) is 23.9 Å². The Morgan fingerprint density at radius 1 is 1.20 bits per heavy atom. The molecular weight excluding hydrogens is 188 g/mol. The highest BCUT2D eigenvalue weighted by Gasteiger charge is 2.34. The van der Waals surface area contributed by atoms with Crippen molar-refractivity contribution in [1.29, 1.82) is 0 Å². The molecule has 3 nitrogen and oxygen atoms in total. The van der Waals surface area contributed by atoms with E-state index in [4.69, 9.17) is 0 Å². The summed E-state index contributed by atoms with van der Waals surface area (Å²) in [6.07, 6.45) is 4.50. The maximum atomic E-state index is 11.8. The average Bonchev–Trinajstić information content (AvgIpc) is 3.00. The number of amides is 1. The van der Waals surface area contributed by atoms with Crippen LogP contribution in [0, 0.1) is 5.92 Å². The molecule has 0 bridgehead atoms. The Balaban J connectivity index is 1.73. The van der Waals surface area contributed by atoms with E-state index in [0.717, 1.165) is 38.8 Å². The fourth-order valence-electron chi connectivity index (χ4n) is 2.33. The number of nitrogens with one attached hydrogen (secondary N) is 1. The topological polar surface area (TPSA) is 32.3 Å². The number of hydrogen-bond donors (Lipinski definition) is 1. The van der Waals surface area contributed by atoms with Gasteiger partial charge in [-0.2, -0.15) is 0 Å². The average molecular weight is 210 g/mol. The molecule has 1 saturated carbocycles. The fourth-order valence-corrected chi connectivity index (χ4v) is 2.33. The molecule has 1 saturated heterocycles. The molecule has 0 unspecified atom stereocenters. The highest BCUT2D eigenvalue weighted by Crippen LogP contribution is 2.31. The van der Waals surface area contributed by atoms with E-state index in [9.17, 15) is 4.79 Å². The van der Waals surface area contributed by atoms with Crippen LogP contribution in [0.2, 0.25) is 0 Å². The van der Waals surface area contributed by atoms with Crippen molar-refractivity contribution in [1.82, 2.24) is 10.2 Å². The Kier molecular flexibility index (Phi) is 3.29. The summed E-state index contributed by atoms with van der Waals surface area (Å²) in [6, 6.07) is 1.17. The molecule has 1 amide bonds. The van der Waals surface area contributed by atoms with Crippen LogP contribution in [-0.4, -0.2) is 36.0 Å². The third kappa shape index (κ3) is 2.94. The highest BCUT2D eigenvalue weighted by atomic mass is 16.2. The molecule has 0 aromatic heterocycles. The van der Waals surface area contributed by atoms with Crippen molar-refractivity contribution in [2.24, 2.45) is 5.92 Å². The third-order valence-electron chi connectivity index (χ3n) is 3.30. The molecular formula is C12H22N2O. The number of carbonyl (C=O) groups excluding carboxylic acids is 1. The lowest BCUT2D eigenvalue weighted by molar-refractivity contribution is -0.133. The van der Waals surface area contributed by atoms with Crippen LogP contribution in [0.15, 0.2) is 0 Å². The number of piperidine rings is 1. The van der Waals surface area contributed by atoms with Crippen LogP contribution >= 0.6 is 0 Å². The minimum absolute atomic E-state index is 0.389. The summed E-state index contributed by atoms with van der Waals surface area (Å²) in [5, 5.41) is 3.55. The van der Waals surface area contributed by atoms with Crippen LogP contribution in [0.4, 0.5) is 0 Å². The second-order valence-electron chi connectivity index (χ2n) is 5.20. The van der Waals surface area contributed by atoms with Gasteiger partial charge in [0, 0.05) is 31.1 Å². The second-order valence-corrected chi connectivity index (χ2v) is 5.20. The molecule has 0 atom stereocenters. The lowest BCUT2D eigenvalue weighted by Crippen LogP contribution is -2.47. The minimum Gasteiger partial charge on any atom is -0.342 e. The summed E-state index contributed by atoms with van der Waals surface area (Å²) in [7, 11) is 0. The predicted molar refractivity (Wildman–Crippen MR) is 60.6 cm³/mol. The van der Waals surface area contributed by atoms with Crippen LogP contribution in [0.25, 0.3) is 0 Å². The zero-order chi connectivity index (χ0) is 10.8. The van der Waals surface area contributed by atoms with Gasteiger partial charge in [0.15, 0.2) is 0 Å². The van der Waals surface area contributed by atoms with Crippen LogP contribution in [0.1, 0.15) is 39.5 Å². The number of carbonyl (C=O) groups is 1. The third-order valence-corrected chi connectivity index (χ3v) is 3.30. The molecule has 0 spiro atoms. The monoisotopic (exact) mass is 210 g/mol. The maximum Gasteiger partial charge on any atom is 0.225 e. The molecule has 2 rings (SSSR count). The van der Waals surface area contributed by atoms with E-state index in [2.05, 4.69) is 24.1 Å². The van der Waals surface area contributed by atoms with Gasteiger partial charge in [-0.1, -0.05) is 13.8 Å². The second kappa shape index (κ2) is 4.52. The van der Waals surface area contributed by atoms with Gasteiger partial charge in [0.05, 0.1) is 0 Å². The fraction of sp³-hybridized carbons (Fsp3) is 0.917. The van der Waals surface area contributed by atoms with Gasteiger partial charge in [0.2, 0.25) is 5.91 Å². The summed E-state index contributed by atoms with van der Waals surface area (Å²) in [4.78, 5) is 13.9. The van der Waals surface area contributed by atoms with Gasteiger partial charge in [-0.3, -0.25) is 4.79 Å². The summed E-state index contributed by atoms with van der Waals surface area (Å²) < 4.78 is 0. The number of rotatable bonds is 3. The first-order valence-electron chi connectivity index (χ1n) is 6.21. The molecule has 1 heterocycles. The number of nitrogens with zero attached hydrogens (tertiary/aromatic N) is 1. The van der Waals surface area contributed by atoms with E-state index in [-0.39, 0.29) is 0 Å². The Bertz CT molecular complexity index is 228. The van der Waals surface area contributed by atoms with Crippen molar-refractivity contribution >= 4 is 5.91 Å². The Labute approximate surface area is 92.2 Å². The van der Waals surface area contributed by atoms with Crippen LogP contribution in [0.5, 0.6) is 0 Å². The molecule has 3 heteroatoms. The quantitative estimate of drug-likeness (QED) is 0.763. The normalized spacial score (nSPS) is 23.5. The summed E-state index contributed by atoms with van der Waals surface area (Å²) in [5.74, 6) is 0.803. The van der Waals surface area contributed by atoms with Gasteiger partial charge < -0.3 is 10.2 Å². The van der Waals surface area contributed by atoms with Crippen LogP contribution < -0.4 is 5.32 Å². The SMILES string of the molecule is CC(C)NC1CCN(C(=O)C2CC2)CC1. The molecule has 0 radical (unpaired) electrons. The first-order valence-corrected chi connectivity index (χ1v) is 6.21. The van der Waals surface area contributed by atoms with E-state index < -0.39 is 0 Å². The summed E-state index contributed by atoms with van der Waals surface area (Å²) >= 11 is 0. The van der Waals surface area contributed by atoms with Crippen molar-refractivity contribution in [2.75, 3.05) is 13.1 Å². The summed E-state index contributed by atoms with van der Waals surface area (Å²) in [5.41, 5.74) is 0. The van der Waals surface area contributed by atoms with Gasteiger partial charge in [0.25, 0.3) is 0 Å². The van der Waals surface area contributed by atoms with Crippen molar-refractivity contribution in [2.45, 2.75) is 51.6 Å². The molecule has 2 aliphatic rings. The van der Waals surface area contributed by atoms with Crippen molar-refractivity contribution in [3.8, 4) is 0 Å². The van der Waals surface area contributed by atoms with E-state index in [1.807, 2.05) is 0 Å². The van der Waals surface area contributed by atoms with Gasteiger partial charge in [-0.05, 0) is 25.7 Å². The predicted octanol–water partition coefficient (Wildman–Crippen LogP) is 1.39. The molecule has 1 aliphatic heterocycles. The minimum atomic E-state index is 0.389. The van der Waals surface area contributed by atoms with Crippen LogP contribution in [0.3, 0.4) is 0 Å². The molecule has 0 aromatic carbocycles. The Morgan fingerprint density at radius 2 is 1.80 bits per heavy atom. The van der Waals surface area contributed by atoms with E-state index >= 15 is 0 Å². The molecule has 86 valence electrons. The number of likely N-dealkylation sites (tertiary alicyclic amines) is 1. The first kappa shape index (κ1) is 10.9. The first-order chi connectivity index (χ1) is 7.16. The standard InChI is InChI=1S/C12H22N2O/c1-9(2)13-11-5-7-14(8-6-11)12(15)10-3-4-10/h9-11,13H,3-8H2,1-2H3. The van der Waals surface area contributed by atoms with Gasteiger partial charge in [0.1, 0.15) is 0 Å². The zero-order valence-electron chi connectivity index (χ0n) is 9.83. The number of hydrogen-bond acceptors (Lipinski definition) is 2. The smallest absolute Gasteiger partial charge is 0.225 e. The Morgan fingerprint density at radius 3 is 2.27 bits per heavy atom. The molecule has 0 aromatic rings. The molecule has 1 N–H and O–H groups in total. The highest BCUT2D eigenvalue weighted by molar-refractivity contribution is 5.81. The van der Waals surface area contributed by atoms with Crippen molar-refractivity contribution in [3.63, 3.8) is 0 Å². The molecule has 2 fully saturated rings. The lowest BCUT2D eigenvalue weighted by atomic mass is 10.0. The molecule has 15 heavy (non-hydrogen) atoms. The lowest BCUT2D eigenvalue weighted by Gasteiger charge is -2.33. The van der Waals surface area contributed by atoms with Gasteiger partial charge >= 0.3 is 0 Å². The van der Waals surface area contributed by atoms with Crippen molar-refractivity contribution < 1.29 is 4.79 Å². The van der Waals surface area contributed by atoms with Crippen molar-refractivity contribution in [3.05, 3.63) is 0 Å².